The number of hydrogen-bond acceptors (Lipinski definition) is 7. The van der Waals surface area contributed by atoms with Crippen LogP contribution in [0, 0.1) is 13.8 Å². The van der Waals surface area contributed by atoms with Crippen LogP contribution in [0.1, 0.15) is 65.2 Å². The van der Waals surface area contributed by atoms with Crippen molar-refractivity contribution >= 4 is 5.91 Å². The maximum Gasteiger partial charge on any atom is 0.251 e. The predicted octanol–water partition coefficient (Wildman–Crippen LogP) is 6.83. The number of phenols is 1. The Morgan fingerprint density at radius 1 is 0.979 bits per heavy atom. The molecule has 1 atom stereocenters. The van der Waals surface area contributed by atoms with E-state index in [-0.39, 0.29) is 11.9 Å². The molecule has 1 heterocycles. The van der Waals surface area contributed by atoms with Gasteiger partial charge in [0.05, 0.1) is 12.6 Å². The Hall–Kier alpha value is -4.79. The second-order valence-corrected chi connectivity index (χ2v) is 12.1. The highest BCUT2D eigenvalue weighted by atomic mass is 16.3. The van der Waals surface area contributed by atoms with Crippen LogP contribution in [0.5, 0.6) is 5.75 Å². The molecule has 0 saturated carbocycles. The van der Waals surface area contributed by atoms with Crippen LogP contribution in [-0.4, -0.2) is 46.5 Å². The van der Waals surface area contributed by atoms with Gasteiger partial charge in [0, 0.05) is 55.3 Å². The summed E-state index contributed by atoms with van der Waals surface area (Å²) in [7, 11) is 0. The molecule has 1 aliphatic rings. The number of hydrazine groups is 1. The molecule has 258 valence electrons. The van der Waals surface area contributed by atoms with Gasteiger partial charge in [0.2, 0.25) is 0 Å². The summed E-state index contributed by atoms with van der Waals surface area (Å²) in [4.78, 5) is 17.2. The molecule has 1 fully saturated rings. The van der Waals surface area contributed by atoms with Crippen molar-refractivity contribution in [1.29, 1.82) is 0 Å². The Kier molecular flexibility index (Phi) is 17.4. The molecule has 1 aliphatic heterocycles. The summed E-state index contributed by atoms with van der Waals surface area (Å²) in [5.74, 6) is 8.32. The topological polar surface area (TPSA) is 120 Å². The number of carbonyl (C=O) groups is 1. The molecule has 0 aromatic heterocycles. The molecule has 1 amide bonds. The third-order valence-electron chi connectivity index (χ3n) is 8.01. The molecule has 1 unspecified atom stereocenters. The second-order valence-electron chi connectivity index (χ2n) is 12.1. The number of aryl methyl sites for hydroxylation is 2. The monoisotopic (exact) mass is 652 g/mol. The van der Waals surface area contributed by atoms with Crippen molar-refractivity contribution in [2.45, 2.75) is 65.6 Å². The van der Waals surface area contributed by atoms with Crippen LogP contribution in [0.4, 0.5) is 0 Å². The summed E-state index contributed by atoms with van der Waals surface area (Å²) in [6, 6.07) is 23.8. The van der Waals surface area contributed by atoms with E-state index in [2.05, 4.69) is 103 Å². The van der Waals surface area contributed by atoms with Crippen LogP contribution < -0.4 is 22.3 Å². The summed E-state index contributed by atoms with van der Waals surface area (Å²) >= 11 is 0. The zero-order valence-electron chi connectivity index (χ0n) is 29.2. The van der Waals surface area contributed by atoms with Crippen molar-refractivity contribution in [1.82, 2.24) is 20.4 Å². The lowest BCUT2D eigenvalue weighted by Crippen LogP contribution is -2.50. The molecule has 1 saturated heterocycles. The Bertz CT molecular complexity index is 1440. The van der Waals surface area contributed by atoms with Crippen LogP contribution in [-0.2, 0) is 13.1 Å². The molecule has 3 aromatic carbocycles. The zero-order chi connectivity index (χ0) is 35.5. The van der Waals surface area contributed by atoms with E-state index in [1.165, 1.54) is 16.7 Å². The van der Waals surface area contributed by atoms with Gasteiger partial charge < -0.3 is 25.5 Å². The van der Waals surface area contributed by atoms with E-state index in [0.717, 1.165) is 55.0 Å². The third kappa shape index (κ3) is 13.5. The smallest absolute Gasteiger partial charge is 0.251 e. The highest BCUT2D eigenvalue weighted by Gasteiger charge is 2.29. The quantitative estimate of drug-likeness (QED) is 0.0561. The highest BCUT2D eigenvalue weighted by molar-refractivity contribution is 5.94. The number of hydrogen-bond donors (Lipinski definition) is 5. The summed E-state index contributed by atoms with van der Waals surface area (Å²) in [5, 5.41) is 15.2. The number of unbranched alkanes of at least 4 members (excludes halogenated alkanes) is 1. The van der Waals surface area contributed by atoms with Crippen LogP contribution in [0.3, 0.4) is 0 Å². The van der Waals surface area contributed by atoms with E-state index in [9.17, 15) is 4.79 Å². The van der Waals surface area contributed by atoms with Gasteiger partial charge in [-0.25, -0.2) is 0 Å². The molecule has 0 spiro atoms. The Balaban J connectivity index is 0.000000690. The Labute approximate surface area is 288 Å². The van der Waals surface area contributed by atoms with Gasteiger partial charge in [-0.2, -0.15) is 0 Å². The number of nitrogens with zero attached hydrogens (tertiary/aromatic N) is 2. The minimum absolute atomic E-state index is 0.0130. The minimum Gasteiger partial charge on any atom is -0.508 e. The first kappa shape index (κ1) is 39.4. The van der Waals surface area contributed by atoms with Gasteiger partial charge in [-0.1, -0.05) is 98.8 Å². The zero-order valence-corrected chi connectivity index (χ0v) is 29.2. The molecule has 48 heavy (non-hydrogen) atoms. The molecule has 8 nitrogen and oxygen atoms in total. The van der Waals surface area contributed by atoms with Crippen LogP contribution in [0.2, 0.25) is 0 Å². The number of piperazine rings is 1. The molecular formula is C40H56N6O2. The first-order valence-electron chi connectivity index (χ1n) is 16.5. The van der Waals surface area contributed by atoms with Gasteiger partial charge >= 0.3 is 0 Å². The average molecular weight is 653 g/mol. The van der Waals surface area contributed by atoms with Gasteiger partial charge in [0.25, 0.3) is 5.91 Å². The molecular weight excluding hydrogens is 596 g/mol. The van der Waals surface area contributed by atoms with Gasteiger partial charge in [-0.3, -0.25) is 16.5 Å². The molecule has 8 heteroatoms. The number of carbonyl (C=O) groups excluding carboxylic acids is 1. The van der Waals surface area contributed by atoms with E-state index < -0.39 is 0 Å². The summed E-state index contributed by atoms with van der Waals surface area (Å²) in [6.45, 7) is 26.9. The standard InChI is InChI=1S/C33H44N4O.C7H8O.H4N2/c1-7-9-18-34-33(38)31-13-10-12-30(20-31)23-36-24-32(11-8-2)37(22-28(36)6)27(5)19-26(4)35-21-29-16-14-25(3)15-17-29;1-6-2-4-7(8)5-3-6;1-2/h8,10,12-17,20,32,35H,2,4-7,9,11,18-19,21-24H2,1,3H3,(H,34,38);2-5,8H,1H3;1-2H2. The summed E-state index contributed by atoms with van der Waals surface area (Å²) in [5.41, 5.74) is 8.50. The summed E-state index contributed by atoms with van der Waals surface area (Å²) in [6.07, 6.45) is 5.56. The first-order valence-corrected chi connectivity index (χ1v) is 16.5. The van der Waals surface area contributed by atoms with Crippen LogP contribution in [0.25, 0.3) is 0 Å². The molecule has 0 radical (unpaired) electrons. The van der Waals surface area contributed by atoms with Crippen molar-refractivity contribution in [2.75, 3.05) is 19.6 Å². The maximum atomic E-state index is 12.5. The second kappa shape index (κ2) is 21.2. The van der Waals surface area contributed by atoms with E-state index in [1.54, 1.807) is 12.1 Å². The van der Waals surface area contributed by atoms with Crippen molar-refractivity contribution < 1.29 is 9.90 Å². The normalized spacial score (nSPS) is 13.7. The van der Waals surface area contributed by atoms with E-state index in [4.69, 9.17) is 5.11 Å². The lowest BCUT2D eigenvalue weighted by molar-refractivity contribution is 0.0952. The van der Waals surface area contributed by atoms with E-state index in [1.807, 2.05) is 43.3 Å². The van der Waals surface area contributed by atoms with Crippen LogP contribution >= 0.6 is 0 Å². The lowest BCUT2D eigenvalue weighted by Gasteiger charge is -2.45. The van der Waals surface area contributed by atoms with Crippen molar-refractivity contribution in [3.8, 4) is 5.75 Å². The molecule has 7 N–H and O–H groups in total. The number of benzene rings is 3. The van der Waals surface area contributed by atoms with Crippen molar-refractivity contribution in [2.24, 2.45) is 11.7 Å². The largest absolute Gasteiger partial charge is 0.508 e. The maximum absolute atomic E-state index is 12.5. The number of amides is 1. The van der Waals surface area contributed by atoms with Gasteiger partial charge in [0.15, 0.2) is 0 Å². The van der Waals surface area contributed by atoms with Gasteiger partial charge in [-0.15, -0.1) is 6.58 Å². The predicted molar refractivity (Wildman–Crippen MR) is 201 cm³/mol. The molecule has 0 bridgehead atoms. The van der Waals surface area contributed by atoms with Gasteiger partial charge in [0.1, 0.15) is 5.75 Å². The Morgan fingerprint density at radius 3 is 2.23 bits per heavy atom. The highest BCUT2D eigenvalue weighted by Crippen LogP contribution is 2.27. The van der Waals surface area contributed by atoms with E-state index >= 15 is 0 Å². The number of nitrogens with two attached hydrogens (primary N) is 2. The molecule has 0 aliphatic carbocycles. The fraction of sp³-hybridized carbons (Fsp3) is 0.325. The lowest BCUT2D eigenvalue weighted by atomic mass is 10.0. The number of nitrogens with one attached hydrogen (secondary N) is 2. The SMILES string of the molecule is C=CCC1CN(Cc2cccc(C(=O)NCCCC)c2)C(=C)CN1C(=C)CC(=C)NCc1ccc(C)cc1.Cc1ccc(O)cc1.NN. The average Bonchev–Trinajstić information content (AvgIpc) is 3.08. The number of rotatable bonds is 14. The Morgan fingerprint density at radius 2 is 1.62 bits per heavy atom. The van der Waals surface area contributed by atoms with Crippen molar-refractivity contribution in [3.63, 3.8) is 0 Å². The van der Waals surface area contributed by atoms with Crippen LogP contribution in [0.15, 0.2) is 122 Å². The molecule has 3 aromatic rings. The number of aromatic hydroxyl groups is 1. The third-order valence-corrected chi connectivity index (χ3v) is 8.01. The van der Waals surface area contributed by atoms with Gasteiger partial charge in [-0.05, 0) is 62.1 Å². The van der Waals surface area contributed by atoms with Crippen molar-refractivity contribution in [3.05, 3.63) is 150 Å². The minimum atomic E-state index is -0.0130. The number of phenolic OH excluding ortho intramolecular Hbond substituents is 1. The fourth-order valence-electron chi connectivity index (χ4n) is 5.25. The fourth-order valence-corrected chi connectivity index (χ4v) is 5.25. The summed E-state index contributed by atoms with van der Waals surface area (Å²) < 4.78 is 0. The van der Waals surface area contributed by atoms with E-state index in [0.29, 0.717) is 37.4 Å². The molecule has 4 rings (SSSR count). The first-order chi connectivity index (χ1) is 23.1.